The van der Waals surface area contributed by atoms with Crippen molar-refractivity contribution in [3.05, 3.63) is 41.5 Å². The molecule has 1 spiro atoms. The minimum absolute atomic E-state index is 0.149. The highest BCUT2D eigenvalue weighted by molar-refractivity contribution is 5.67. The number of hydrogen-bond donors (Lipinski definition) is 0. The fourth-order valence-electron chi connectivity index (χ4n) is 3.01. The average molecular weight is 239 g/mol. The van der Waals surface area contributed by atoms with Gasteiger partial charge in [-0.3, -0.25) is 0 Å². The molecule has 2 heteroatoms. The summed E-state index contributed by atoms with van der Waals surface area (Å²) in [6.07, 6.45) is 8.02. The third kappa shape index (κ3) is 2.07. The van der Waals surface area contributed by atoms with Crippen LogP contribution in [0.4, 0.5) is 0 Å². The molecule has 0 radical (unpaired) electrons. The smallest absolute Gasteiger partial charge is 0.0991 e. The quantitative estimate of drug-likeness (QED) is 0.749. The SMILES string of the molecule is N#Cc1ccc(C2=CCC3(CCCO3)CC2)cc1. The van der Waals surface area contributed by atoms with Gasteiger partial charge in [0.1, 0.15) is 0 Å². The van der Waals surface area contributed by atoms with E-state index in [0.29, 0.717) is 0 Å². The molecular formula is C16H17NO. The molecule has 0 saturated carbocycles. The molecule has 1 fully saturated rings. The van der Waals surface area contributed by atoms with Crippen LogP contribution < -0.4 is 0 Å². The minimum atomic E-state index is 0.149. The van der Waals surface area contributed by atoms with Crippen LogP contribution in [0.3, 0.4) is 0 Å². The Bertz CT molecular complexity index is 501. The van der Waals surface area contributed by atoms with E-state index in [2.05, 4.69) is 24.3 Å². The zero-order valence-corrected chi connectivity index (χ0v) is 10.5. The second-order valence-corrected chi connectivity index (χ2v) is 5.26. The largest absolute Gasteiger partial charge is 0.375 e. The van der Waals surface area contributed by atoms with Gasteiger partial charge in [0.15, 0.2) is 0 Å². The van der Waals surface area contributed by atoms with Crippen molar-refractivity contribution in [3.63, 3.8) is 0 Å². The highest BCUT2D eigenvalue weighted by Crippen LogP contribution is 2.40. The Kier molecular flexibility index (Phi) is 2.93. The lowest BCUT2D eigenvalue weighted by Crippen LogP contribution is -2.29. The van der Waals surface area contributed by atoms with Gasteiger partial charge >= 0.3 is 0 Å². The Hall–Kier alpha value is -1.59. The van der Waals surface area contributed by atoms with E-state index >= 15 is 0 Å². The van der Waals surface area contributed by atoms with E-state index in [4.69, 9.17) is 10.00 Å². The Morgan fingerprint density at radius 3 is 2.56 bits per heavy atom. The summed E-state index contributed by atoms with van der Waals surface area (Å²) >= 11 is 0. The van der Waals surface area contributed by atoms with Crippen LogP contribution in [0.25, 0.3) is 5.57 Å². The van der Waals surface area contributed by atoms with Crippen LogP contribution in [0, 0.1) is 11.3 Å². The van der Waals surface area contributed by atoms with E-state index in [-0.39, 0.29) is 5.60 Å². The monoisotopic (exact) mass is 239 g/mol. The summed E-state index contributed by atoms with van der Waals surface area (Å²) in [6, 6.07) is 10.1. The van der Waals surface area contributed by atoms with Crippen LogP contribution in [-0.4, -0.2) is 12.2 Å². The number of nitrogens with zero attached hydrogens (tertiary/aromatic N) is 1. The first kappa shape index (κ1) is 11.5. The Morgan fingerprint density at radius 1 is 1.17 bits per heavy atom. The Labute approximate surface area is 108 Å². The van der Waals surface area contributed by atoms with Gasteiger partial charge in [-0.05, 0) is 55.4 Å². The summed E-state index contributed by atoms with van der Waals surface area (Å²) in [5, 5.41) is 8.80. The van der Waals surface area contributed by atoms with Crippen molar-refractivity contribution in [1.29, 1.82) is 5.26 Å². The highest BCUT2D eigenvalue weighted by atomic mass is 16.5. The number of rotatable bonds is 1. The predicted octanol–water partition coefficient (Wildman–Crippen LogP) is 3.67. The molecule has 0 aromatic heterocycles. The first-order chi connectivity index (χ1) is 8.81. The summed E-state index contributed by atoms with van der Waals surface area (Å²) in [6.45, 7) is 0.931. The fourth-order valence-corrected chi connectivity index (χ4v) is 3.01. The molecule has 1 unspecified atom stereocenters. The summed E-state index contributed by atoms with van der Waals surface area (Å²) < 4.78 is 5.91. The van der Waals surface area contributed by atoms with Crippen molar-refractivity contribution in [2.75, 3.05) is 6.61 Å². The summed E-state index contributed by atoms with van der Waals surface area (Å²) in [5.41, 5.74) is 3.53. The molecule has 1 heterocycles. The van der Waals surface area contributed by atoms with Crippen molar-refractivity contribution < 1.29 is 4.74 Å². The molecule has 2 aliphatic rings. The number of nitriles is 1. The van der Waals surface area contributed by atoms with E-state index in [1.807, 2.05) is 12.1 Å². The molecule has 3 rings (SSSR count). The molecule has 1 aromatic rings. The maximum atomic E-state index is 8.80. The highest BCUT2D eigenvalue weighted by Gasteiger charge is 2.36. The van der Waals surface area contributed by atoms with Crippen LogP contribution in [0.15, 0.2) is 30.3 Å². The van der Waals surface area contributed by atoms with Gasteiger partial charge in [0.05, 0.1) is 17.2 Å². The molecule has 2 nitrogen and oxygen atoms in total. The van der Waals surface area contributed by atoms with Gasteiger partial charge in [0.25, 0.3) is 0 Å². The molecule has 1 aliphatic heterocycles. The molecule has 0 amide bonds. The summed E-state index contributed by atoms with van der Waals surface area (Å²) in [7, 11) is 0. The van der Waals surface area contributed by atoms with Crippen molar-refractivity contribution in [1.82, 2.24) is 0 Å². The van der Waals surface area contributed by atoms with Gasteiger partial charge in [0, 0.05) is 6.61 Å². The van der Waals surface area contributed by atoms with Crippen LogP contribution in [0.2, 0.25) is 0 Å². The number of benzene rings is 1. The number of hydrogen-bond acceptors (Lipinski definition) is 2. The molecule has 92 valence electrons. The summed E-state index contributed by atoms with van der Waals surface area (Å²) in [4.78, 5) is 0. The maximum Gasteiger partial charge on any atom is 0.0991 e. The fraction of sp³-hybridized carbons (Fsp3) is 0.438. The molecule has 1 aromatic carbocycles. The van der Waals surface area contributed by atoms with E-state index in [1.54, 1.807) is 0 Å². The second kappa shape index (κ2) is 4.59. The zero-order valence-electron chi connectivity index (χ0n) is 10.5. The normalized spacial score (nSPS) is 26.9. The second-order valence-electron chi connectivity index (χ2n) is 5.26. The van der Waals surface area contributed by atoms with E-state index in [9.17, 15) is 0 Å². The molecule has 1 saturated heterocycles. The van der Waals surface area contributed by atoms with Crippen LogP contribution in [0.5, 0.6) is 0 Å². The summed E-state index contributed by atoms with van der Waals surface area (Å²) in [5.74, 6) is 0. The number of allylic oxidation sites excluding steroid dienone is 1. The number of ether oxygens (including phenoxy) is 1. The minimum Gasteiger partial charge on any atom is -0.375 e. The van der Waals surface area contributed by atoms with Gasteiger partial charge in [-0.25, -0.2) is 0 Å². The lowest BCUT2D eigenvalue weighted by molar-refractivity contribution is -0.00158. The molecule has 0 N–H and O–H groups in total. The zero-order chi connectivity index (χ0) is 12.4. The van der Waals surface area contributed by atoms with E-state index in [0.717, 1.165) is 31.4 Å². The molecule has 18 heavy (non-hydrogen) atoms. The Morgan fingerprint density at radius 2 is 2.00 bits per heavy atom. The van der Waals surface area contributed by atoms with Gasteiger partial charge in [-0.2, -0.15) is 5.26 Å². The van der Waals surface area contributed by atoms with Gasteiger partial charge < -0.3 is 4.74 Å². The van der Waals surface area contributed by atoms with Crippen molar-refractivity contribution in [3.8, 4) is 6.07 Å². The molecule has 1 aliphatic carbocycles. The first-order valence-corrected chi connectivity index (χ1v) is 6.65. The molecular weight excluding hydrogens is 222 g/mol. The van der Waals surface area contributed by atoms with Crippen LogP contribution in [0.1, 0.15) is 43.2 Å². The van der Waals surface area contributed by atoms with Gasteiger partial charge in [-0.1, -0.05) is 18.2 Å². The van der Waals surface area contributed by atoms with Crippen LogP contribution in [-0.2, 0) is 4.74 Å². The maximum absolute atomic E-state index is 8.80. The van der Waals surface area contributed by atoms with E-state index in [1.165, 1.54) is 24.0 Å². The van der Waals surface area contributed by atoms with Crippen molar-refractivity contribution >= 4 is 5.57 Å². The topological polar surface area (TPSA) is 33.0 Å². The van der Waals surface area contributed by atoms with E-state index < -0.39 is 0 Å². The predicted molar refractivity (Wildman–Crippen MR) is 70.9 cm³/mol. The van der Waals surface area contributed by atoms with Crippen LogP contribution >= 0.6 is 0 Å². The third-order valence-corrected chi connectivity index (χ3v) is 4.14. The molecule has 1 atom stereocenters. The lowest BCUT2D eigenvalue weighted by Gasteiger charge is -2.31. The average Bonchev–Trinajstić information content (AvgIpc) is 2.88. The van der Waals surface area contributed by atoms with Crippen molar-refractivity contribution in [2.45, 2.75) is 37.7 Å². The van der Waals surface area contributed by atoms with Crippen molar-refractivity contribution in [2.24, 2.45) is 0 Å². The Balaban J connectivity index is 1.77. The standard InChI is InChI=1S/C16H17NO/c17-12-13-2-4-14(5-3-13)15-6-9-16(10-7-15)8-1-11-18-16/h2-6H,1,7-11H2. The van der Waals surface area contributed by atoms with Gasteiger partial charge in [-0.15, -0.1) is 0 Å². The van der Waals surface area contributed by atoms with Gasteiger partial charge in [0.2, 0.25) is 0 Å². The third-order valence-electron chi connectivity index (χ3n) is 4.14. The molecule has 0 bridgehead atoms. The first-order valence-electron chi connectivity index (χ1n) is 6.65. The lowest BCUT2D eigenvalue weighted by atomic mass is 9.81.